The summed E-state index contributed by atoms with van der Waals surface area (Å²) in [4.78, 5) is 41.9. The average molecular weight is 300 g/mol. The van der Waals surface area contributed by atoms with Gasteiger partial charge in [-0.25, -0.2) is 19.4 Å². The summed E-state index contributed by atoms with van der Waals surface area (Å²) in [5.74, 6) is -1.66. The SMILES string of the molecule is CCCOC(=O)/C=C/C(=O)OOC(=O)OC1CCCCC1. The van der Waals surface area contributed by atoms with Gasteiger partial charge in [-0.3, -0.25) is 0 Å². The zero-order valence-corrected chi connectivity index (χ0v) is 12.0. The van der Waals surface area contributed by atoms with Crippen LogP contribution in [-0.4, -0.2) is 30.8 Å². The van der Waals surface area contributed by atoms with E-state index < -0.39 is 18.1 Å². The van der Waals surface area contributed by atoms with Gasteiger partial charge in [0.05, 0.1) is 6.61 Å². The first-order chi connectivity index (χ1) is 10.1. The van der Waals surface area contributed by atoms with E-state index in [-0.39, 0.29) is 12.7 Å². The lowest BCUT2D eigenvalue weighted by Crippen LogP contribution is -2.22. The van der Waals surface area contributed by atoms with Gasteiger partial charge >= 0.3 is 18.1 Å². The van der Waals surface area contributed by atoms with Crippen molar-refractivity contribution in [3.63, 3.8) is 0 Å². The Balaban J connectivity index is 2.17. The van der Waals surface area contributed by atoms with Crippen molar-refractivity contribution in [3.05, 3.63) is 12.2 Å². The number of carbonyl (C=O) groups is 3. The Morgan fingerprint density at radius 3 is 2.33 bits per heavy atom. The van der Waals surface area contributed by atoms with E-state index in [1.807, 2.05) is 6.92 Å². The Labute approximate surface area is 123 Å². The number of rotatable bonds is 5. The lowest BCUT2D eigenvalue weighted by atomic mass is 9.98. The van der Waals surface area contributed by atoms with Gasteiger partial charge in [0, 0.05) is 12.2 Å². The summed E-state index contributed by atoms with van der Waals surface area (Å²) in [5.41, 5.74) is 0. The molecule has 0 heterocycles. The minimum absolute atomic E-state index is 0.190. The fourth-order valence-electron chi connectivity index (χ4n) is 1.83. The maximum absolute atomic E-state index is 11.3. The molecule has 0 unspecified atom stereocenters. The molecular weight excluding hydrogens is 280 g/mol. The standard InChI is InChI=1S/C14H20O7/c1-2-10-18-12(15)8-9-13(16)20-21-14(17)19-11-6-4-3-5-7-11/h8-9,11H,2-7,10H2,1H3/b9-8+. The number of hydrogen-bond acceptors (Lipinski definition) is 7. The summed E-state index contributed by atoms with van der Waals surface area (Å²) >= 11 is 0. The third-order valence-corrected chi connectivity index (χ3v) is 2.81. The molecule has 0 amide bonds. The minimum atomic E-state index is -1.06. The normalized spacial score (nSPS) is 15.5. The first kappa shape index (κ1) is 17.0. The molecule has 0 radical (unpaired) electrons. The molecule has 1 rings (SSSR count). The van der Waals surface area contributed by atoms with Gasteiger partial charge in [0.25, 0.3) is 0 Å². The molecule has 1 aliphatic carbocycles. The molecule has 0 aromatic rings. The lowest BCUT2D eigenvalue weighted by Gasteiger charge is -2.20. The third-order valence-electron chi connectivity index (χ3n) is 2.81. The Bertz CT molecular complexity index is 383. The molecule has 1 saturated carbocycles. The van der Waals surface area contributed by atoms with Crippen molar-refractivity contribution in [1.82, 2.24) is 0 Å². The van der Waals surface area contributed by atoms with Gasteiger partial charge < -0.3 is 9.47 Å². The molecule has 1 fully saturated rings. The first-order valence-corrected chi connectivity index (χ1v) is 7.05. The predicted molar refractivity (Wildman–Crippen MR) is 70.9 cm³/mol. The Morgan fingerprint density at radius 2 is 1.67 bits per heavy atom. The summed E-state index contributed by atoms with van der Waals surface area (Å²) in [6.45, 7) is 2.11. The molecule has 0 bridgehead atoms. The number of ether oxygens (including phenoxy) is 2. The number of esters is 1. The maximum atomic E-state index is 11.3. The minimum Gasteiger partial charge on any atom is -0.463 e. The molecule has 118 valence electrons. The fraction of sp³-hybridized carbons (Fsp3) is 0.643. The third kappa shape index (κ3) is 7.96. The highest BCUT2D eigenvalue weighted by Gasteiger charge is 2.19. The van der Waals surface area contributed by atoms with Crippen LogP contribution in [0.4, 0.5) is 4.79 Å². The molecular formula is C14H20O7. The van der Waals surface area contributed by atoms with Crippen LogP contribution in [0.5, 0.6) is 0 Å². The van der Waals surface area contributed by atoms with Crippen molar-refractivity contribution < 1.29 is 33.6 Å². The zero-order valence-electron chi connectivity index (χ0n) is 12.0. The van der Waals surface area contributed by atoms with Crippen LogP contribution in [0.15, 0.2) is 12.2 Å². The largest absolute Gasteiger partial charge is 0.550 e. The van der Waals surface area contributed by atoms with Crippen molar-refractivity contribution >= 4 is 18.1 Å². The van der Waals surface area contributed by atoms with Crippen molar-refractivity contribution in [1.29, 1.82) is 0 Å². The van der Waals surface area contributed by atoms with Gasteiger partial charge in [-0.05, 0) is 32.1 Å². The van der Waals surface area contributed by atoms with Crippen LogP contribution in [0.1, 0.15) is 45.4 Å². The van der Waals surface area contributed by atoms with Crippen molar-refractivity contribution in [2.75, 3.05) is 6.61 Å². The summed E-state index contributed by atoms with van der Waals surface area (Å²) in [6, 6.07) is 0. The molecule has 0 aromatic heterocycles. The monoisotopic (exact) mass is 300 g/mol. The van der Waals surface area contributed by atoms with Gasteiger partial charge in [-0.1, -0.05) is 13.3 Å². The second kappa shape index (κ2) is 9.79. The second-order valence-corrected chi connectivity index (χ2v) is 4.61. The van der Waals surface area contributed by atoms with Crippen LogP contribution >= 0.6 is 0 Å². The van der Waals surface area contributed by atoms with Gasteiger partial charge in [0.15, 0.2) is 0 Å². The summed E-state index contributed by atoms with van der Waals surface area (Å²) in [6.07, 6.45) is 5.84. The Kier molecular flexibility index (Phi) is 7.93. The van der Waals surface area contributed by atoms with E-state index in [9.17, 15) is 14.4 Å². The highest BCUT2D eigenvalue weighted by atomic mass is 17.2. The summed E-state index contributed by atoms with van der Waals surface area (Å²) < 4.78 is 9.67. The van der Waals surface area contributed by atoms with E-state index in [0.29, 0.717) is 6.42 Å². The molecule has 1 aliphatic rings. The molecule has 7 heteroatoms. The van der Waals surface area contributed by atoms with E-state index in [0.717, 1.165) is 44.3 Å². The van der Waals surface area contributed by atoms with Crippen LogP contribution < -0.4 is 0 Å². The molecule has 0 saturated heterocycles. The fourth-order valence-corrected chi connectivity index (χ4v) is 1.83. The Morgan fingerprint density at radius 1 is 1.00 bits per heavy atom. The van der Waals surface area contributed by atoms with Gasteiger partial charge in [-0.2, -0.15) is 4.79 Å². The average Bonchev–Trinajstić information content (AvgIpc) is 2.49. The van der Waals surface area contributed by atoms with E-state index >= 15 is 0 Å². The second-order valence-electron chi connectivity index (χ2n) is 4.61. The number of hydrogen-bond donors (Lipinski definition) is 0. The van der Waals surface area contributed by atoms with Crippen LogP contribution in [0, 0.1) is 0 Å². The van der Waals surface area contributed by atoms with Crippen LogP contribution in [0.3, 0.4) is 0 Å². The summed E-state index contributed by atoms with van der Waals surface area (Å²) in [5, 5.41) is 0. The summed E-state index contributed by atoms with van der Waals surface area (Å²) in [7, 11) is 0. The molecule has 21 heavy (non-hydrogen) atoms. The van der Waals surface area contributed by atoms with Crippen molar-refractivity contribution in [2.24, 2.45) is 0 Å². The van der Waals surface area contributed by atoms with Crippen LogP contribution in [0.2, 0.25) is 0 Å². The molecule has 7 nitrogen and oxygen atoms in total. The van der Waals surface area contributed by atoms with Crippen molar-refractivity contribution in [2.45, 2.75) is 51.6 Å². The van der Waals surface area contributed by atoms with Crippen LogP contribution in [0.25, 0.3) is 0 Å². The van der Waals surface area contributed by atoms with E-state index in [2.05, 4.69) is 9.78 Å². The predicted octanol–water partition coefficient (Wildman–Crippen LogP) is 2.44. The van der Waals surface area contributed by atoms with Crippen molar-refractivity contribution in [3.8, 4) is 0 Å². The molecule has 0 aromatic carbocycles. The van der Waals surface area contributed by atoms with Gasteiger partial charge in [0.1, 0.15) is 6.10 Å². The maximum Gasteiger partial charge on any atom is 0.550 e. The number of carbonyl (C=O) groups excluding carboxylic acids is 3. The van der Waals surface area contributed by atoms with E-state index in [4.69, 9.17) is 9.47 Å². The topological polar surface area (TPSA) is 88.1 Å². The van der Waals surface area contributed by atoms with E-state index in [1.54, 1.807) is 0 Å². The zero-order chi connectivity index (χ0) is 15.5. The van der Waals surface area contributed by atoms with Gasteiger partial charge in [0.2, 0.25) is 0 Å². The Hall–Kier alpha value is -2.05. The quantitative estimate of drug-likeness (QED) is 0.333. The molecule has 0 aliphatic heterocycles. The highest BCUT2D eigenvalue weighted by molar-refractivity contribution is 5.91. The van der Waals surface area contributed by atoms with E-state index in [1.165, 1.54) is 0 Å². The first-order valence-electron chi connectivity index (χ1n) is 7.05. The molecule has 0 spiro atoms. The highest BCUT2D eigenvalue weighted by Crippen LogP contribution is 2.20. The molecule has 0 N–H and O–H groups in total. The lowest BCUT2D eigenvalue weighted by molar-refractivity contribution is -0.240. The van der Waals surface area contributed by atoms with Gasteiger partial charge in [-0.15, -0.1) is 0 Å². The van der Waals surface area contributed by atoms with Crippen LogP contribution in [-0.2, 0) is 28.8 Å². The molecule has 0 atom stereocenters. The smallest absolute Gasteiger partial charge is 0.463 e.